The lowest BCUT2D eigenvalue weighted by Gasteiger charge is -2.40. The van der Waals surface area contributed by atoms with Gasteiger partial charge in [-0.3, -0.25) is 4.79 Å². The molecule has 0 aromatic heterocycles. The summed E-state index contributed by atoms with van der Waals surface area (Å²) in [7, 11) is 0. The van der Waals surface area contributed by atoms with E-state index < -0.39 is 11.4 Å². The van der Waals surface area contributed by atoms with Gasteiger partial charge in [-0.1, -0.05) is 0 Å². The molecule has 0 aliphatic carbocycles. The topological polar surface area (TPSA) is 49.9 Å². The Balaban J connectivity index is 2.03. The van der Waals surface area contributed by atoms with Crippen LogP contribution in [0.5, 0.6) is 0 Å². The number of halogens is 2. The smallest absolute Gasteiger partial charge is 0.410 e. The maximum absolute atomic E-state index is 13.6. The second-order valence-corrected chi connectivity index (χ2v) is 7.76. The molecule has 1 aromatic carbocycles. The molecule has 0 radical (unpaired) electrons. The molecule has 0 bridgehead atoms. The van der Waals surface area contributed by atoms with Crippen LogP contribution in [-0.4, -0.2) is 53.1 Å². The Kier molecular flexibility index (Phi) is 5.52. The van der Waals surface area contributed by atoms with Crippen LogP contribution in [0.2, 0.25) is 0 Å². The minimum atomic E-state index is -0.557. The number of carbonyl (C=O) groups is 2. The van der Waals surface area contributed by atoms with Crippen molar-refractivity contribution in [2.45, 2.75) is 39.3 Å². The van der Waals surface area contributed by atoms with Crippen molar-refractivity contribution in [3.8, 4) is 0 Å². The highest BCUT2D eigenvalue weighted by Gasteiger charge is 2.32. The van der Waals surface area contributed by atoms with Crippen LogP contribution in [0.15, 0.2) is 22.7 Å². The van der Waals surface area contributed by atoms with Crippen LogP contribution in [0.4, 0.5) is 9.18 Å². The number of rotatable bonds is 1. The van der Waals surface area contributed by atoms with Crippen LogP contribution in [0.25, 0.3) is 0 Å². The second kappa shape index (κ2) is 7.09. The number of piperazine rings is 1. The van der Waals surface area contributed by atoms with Crippen molar-refractivity contribution < 1.29 is 18.7 Å². The van der Waals surface area contributed by atoms with E-state index in [-0.39, 0.29) is 18.0 Å². The van der Waals surface area contributed by atoms with Gasteiger partial charge in [-0.05, 0) is 61.8 Å². The SMILES string of the molecule is CC1CN(C(=O)c2ccc(Br)c(F)c2)CCN1C(=O)OC(C)(C)C. The van der Waals surface area contributed by atoms with Gasteiger partial charge in [-0.2, -0.15) is 0 Å². The molecular weight excluding hydrogens is 379 g/mol. The van der Waals surface area contributed by atoms with Gasteiger partial charge in [0.05, 0.1) is 4.47 Å². The fourth-order valence-corrected chi connectivity index (χ4v) is 2.79. The lowest BCUT2D eigenvalue weighted by Crippen LogP contribution is -2.56. The molecular formula is C17H22BrFN2O3. The van der Waals surface area contributed by atoms with Crippen molar-refractivity contribution in [3.63, 3.8) is 0 Å². The van der Waals surface area contributed by atoms with Crippen LogP contribution >= 0.6 is 15.9 Å². The second-order valence-electron chi connectivity index (χ2n) is 6.90. The van der Waals surface area contributed by atoms with Gasteiger partial charge < -0.3 is 14.5 Å². The van der Waals surface area contributed by atoms with Crippen LogP contribution in [0.1, 0.15) is 38.1 Å². The molecule has 7 heteroatoms. The molecule has 1 saturated heterocycles. The Bertz CT molecular complexity index is 645. The average molecular weight is 401 g/mol. The monoisotopic (exact) mass is 400 g/mol. The van der Waals surface area contributed by atoms with Crippen molar-refractivity contribution in [2.24, 2.45) is 0 Å². The average Bonchev–Trinajstić information content (AvgIpc) is 2.47. The normalized spacial score (nSPS) is 18.5. The molecule has 0 N–H and O–H groups in total. The molecule has 132 valence electrons. The highest BCUT2D eigenvalue weighted by Crippen LogP contribution is 2.20. The molecule has 5 nitrogen and oxygen atoms in total. The summed E-state index contributed by atoms with van der Waals surface area (Å²) in [4.78, 5) is 28.0. The van der Waals surface area contributed by atoms with E-state index in [4.69, 9.17) is 4.74 Å². The first-order chi connectivity index (χ1) is 11.1. The number of nitrogens with zero attached hydrogens (tertiary/aromatic N) is 2. The molecule has 1 atom stereocenters. The van der Waals surface area contributed by atoms with Crippen molar-refractivity contribution in [3.05, 3.63) is 34.1 Å². The number of ether oxygens (including phenoxy) is 1. The zero-order valence-electron chi connectivity index (χ0n) is 14.3. The van der Waals surface area contributed by atoms with E-state index >= 15 is 0 Å². The molecule has 1 aliphatic rings. The first-order valence-electron chi connectivity index (χ1n) is 7.82. The summed E-state index contributed by atoms with van der Waals surface area (Å²) in [6.07, 6.45) is -0.378. The quantitative estimate of drug-likeness (QED) is 0.722. The molecule has 2 amide bonds. The third-order valence-electron chi connectivity index (χ3n) is 3.71. The van der Waals surface area contributed by atoms with E-state index in [0.717, 1.165) is 0 Å². The Hall–Kier alpha value is -1.63. The predicted octanol–water partition coefficient (Wildman–Crippen LogP) is 3.67. The number of benzene rings is 1. The van der Waals surface area contributed by atoms with Crippen molar-refractivity contribution in [1.29, 1.82) is 0 Å². The molecule has 2 rings (SSSR count). The summed E-state index contributed by atoms with van der Waals surface area (Å²) in [5, 5.41) is 0. The highest BCUT2D eigenvalue weighted by molar-refractivity contribution is 9.10. The van der Waals surface area contributed by atoms with E-state index in [1.54, 1.807) is 15.9 Å². The van der Waals surface area contributed by atoms with E-state index in [2.05, 4.69) is 15.9 Å². The summed E-state index contributed by atoms with van der Waals surface area (Å²) in [5.74, 6) is -0.710. The predicted molar refractivity (Wildman–Crippen MR) is 92.4 cm³/mol. The van der Waals surface area contributed by atoms with Crippen molar-refractivity contribution >= 4 is 27.9 Å². The van der Waals surface area contributed by atoms with E-state index in [9.17, 15) is 14.0 Å². The fourth-order valence-electron chi connectivity index (χ4n) is 2.55. The van der Waals surface area contributed by atoms with Crippen LogP contribution in [0.3, 0.4) is 0 Å². The van der Waals surface area contributed by atoms with E-state index in [0.29, 0.717) is 29.7 Å². The van der Waals surface area contributed by atoms with Gasteiger partial charge >= 0.3 is 6.09 Å². The summed E-state index contributed by atoms with van der Waals surface area (Å²) >= 11 is 3.07. The summed E-state index contributed by atoms with van der Waals surface area (Å²) in [5.41, 5.74) is -0.257. The Labute approximate surface area is 149 Å². The lowest BCUT2D eigenvalue weighted by atomic mass is 10.1. The molecule has 1 fully saturated rings. The standard InChI is InChI=1S/C17H22BrFN2O3/c1-11-10-20(7-8-21(11)16(23)24-17(2,3)4)15(22)12-5-6-13(18)14(19)9-12/h5-6,9,11H,7-8,10H2,1-4H3. The van der Waals surface area contributed by atoms with Crippen molar-refractivity contribution in [2.75, 3.05) is 19.6 Å². The molecule has 1 unspecified atom stereocenters. The van der Waals surface area contributed by atoms with Gasteiger partial charge in [0, 0.05) is 31.2 Å². The minimum absolute atomic E-state index is 0.169. The van der Waals surface area contributed by atoms with Gasteiger partial charge in [-0.25, -0.2) is 9.18 Å². The highest BCUT2D eigenvalue weighted by atomic mass is 79.9. The fraction of sp³-hybridized carbons (Fsp3) is 0.529. The summed E-state index contributed by atoms with van der Waals surface area (Å²) in [6.45, 7) is 8.48. The van der Waals surface area contributed by atoms with Crippen molar-refractivity contribution in [1.82, 2.24) is 9.80 Å². The van der Waals surface area contributed by atoms with Crippen LogP contribution in [-0.2, 0) is 4.74 Å². The zero-order valence-corrected chi connectivity index (χ0v) is 15.9. The maximum Gasteiger partial charge on any atom is 0.410 e. The molecule has 1 aliphatic heterocycles. The number of carbonyl (C=O) groups excluding carboxylic acids is 2. The Morgan fingerprint density at radius 3 is 2.50 bits per heavy atom. The van der Waals surface area contributed by atoms with E-state index in [1.165, 1.54) is 12.1 Å². The minimum Gasteiger partial charge on any atom is -0.444 e. The number of hydrogen-bond acceptors (Lipinski definition) is 3. The molecule has 0 spiro atoms. The van der Waals surface area contributed by atoms with Gasteiger partial charge in [-0.15, -0.1) is 0 Å². The largest absolute Gasteiger partial charge is 0.444 e. The molecule has 1 heterocycles. The third kappa shape index (κ3) is 4.47. The first kappa shape index (κ1) is 18.7. The number of amides is 2. The van der Waals surface area contributed by atoms with E-state index in [1.807, 2.05) is 27.7 Å². The third-order valence-corrected chi connectivity index (χ3v) is 4.35. The number of hydrogen-bond donors (Lipinski definition) is 0. The Morgan fingerprint density at radius 1 is 1.29 bits per heavy atom. The summed E-state index contributed by atoms with van der Waals surface area (Å²) < 4.78 is 19.3. The molecule has 1 aromatic rings. The maximum atomic E-state index is 13.6. The first-order valence-corrected chi connectivity index (χ1v) is 8.62. The van der Waals surface area contributed by atoms with Gasteiger partial charge in [0.25, 0.3) is 5.91 Å². The van der Waals surface area contributed by atoms with Crippen LogP contribution < -0.4 is 0 Å². The van der Waals surface area contributed by atoms with Gasteiger partial charge in [0.2, 0.25) is 0 Å². The zero-order chi connectivity index (χ0) is 18.1. The summed E-state index contributed by atoms with van der Waals surface area (Å²) in [6, 6.07) is 4.15. The van der Waals surface area contributed by atoms with Gasteiger partial charge in [0.15, 0.2) is 0 Å². The van der Waals surface area contributed by atoms with Gasteiger partial charge in [0.1, 0.15) is 11.4 Å². The van der Waals surface area contributed by atoms with Crippen LogP contribution in [0, 0.1) is 5.82 Å². The Morgan fingerprint density at radius 2 is 1.96 bits per heavy atom. The molecule has 0 saturated carbocycles. The molecule has 24 heavy (non-hydrogen) atoms. The lowest BCUT2D eigenvalue weighted by molar-refractivity contribution is 0.00198.